The van der Waals surface area contributed by atoms with Gasteiger partial charge in [-0.15, -0.1) is 0 Å². The Balaban J connectivity index is 4.29. The van der Waals surface area contributed by atoms with Gasteiger partial charge >= 0.3 is 7.82 Å². The Morgan fingerprint density at radius 1 is 0.522 bits per heavy atom. The minimum absolute atomic E-state index is 0.00529. The summed E-state index contributed by atoms with van der Waals surface area (Å²) in [6.45, 7) is 4.40. The van der Waals surface area contributed by atoms with E-state index in [1.54, 1.807) is 0 Å². The number of quaternary nitrogens is 1. The first-order valence-electron chi connectivity index (χ1n) is 27.0. The molecule has 0 heterocycles. The number of carbonyl (C=O) groups is 1. The summed E-state index contributed by atoms with van der Waals surface area (Å²) in [6, 6.07) is -1.07. The van der Waals surface area contributed by atoms with E-state index in [-0.39, 0.29) is 18.9 Å². The van der Waals surface area contributed by atoms with Crippen LogP contribution in [0.25, 0.3) is 0 Å². The molecule has 9 nitrogen and oxygen atoms in total. The number of unbranched alkanes of at least 4 members (excludes halogenated alkanes) is 13. The lowest BCUT2D eigenvalue weighted by Crippen LogP contribution is -2.51. The minimum atomic E-state index is -4.44. The van der Waals surface area contributed by atoms with E-state index in [0.717, 1.165) is 103 Å². The van der Waals surface area contributed by atoms with Crippen molar-refractivity contribution in [3.8, 4) is 0 Å². The number of nitrogens with one attached hydrogen (secondary N) is 1. The normalized spacial score (nSPS) is 15.4. The van der Waals surface area contributed by atoms with Crippen molar-refractivity contribution >= 4 is 13.7 Å². The molecule has 69 heavy (non-hydrogen) atoms. The second-order valence-corrected chi connectivity index (χ2v) is 20.4. The average molecular weight is 982 g/mol. The van der Waals surface area contributed by atoms with Gasteiger partial charge < -0.3 is 24.9 Å². The van der Waals surface area contributed by atoms with Gasteiger partial charge in [-0.2, -0.15) is 0 Å². The topological polar surface area (TPSA) is 125 Å². The molecule has 4 N–H and O–H groups in total. The number of rotatable bonds is 47. The van der Waals surface area contributed by atoms with Crippen LogP contribution in [0.2, 0.25) is 0 Å². The zero-order chi connectivity index (χ0) is 50.8. The van der Waals surface area contributed by atoms with E-state index >= 15 is 0 Å². The third kappa shape index (κ3) is 49.6. The van der Waals surface area contributed by atoms with Gasteiger partial charge in [0.2, 0.25) is 5.91 Å². The molecule has 0 saturated carbocycles. The van der Waals surface area contributed by atoms with Crippen molar-refractivity contribution in [3.05, 3.63) is 122 Å². The fraction of sp³-hybridized carbons (Fsp3) is 0.644. The summed E-state index contributed by atoms with van der Waals surface area (Å²) >= 11 is 0. The summed E-state index contributed by atoms with van der Waals surface area (Å²) in [5, 5.41) is 24.7. The van der Waals surface area contributed by atoms with Gasteiger partial charge in [0.05, 0.1) is 39.9 Å². The Labute approximate surface area is 423 Å². The maximum absolute atomic E-state index is 13.0. The Kier molecular flexibility index (Phi) is 46.3. The molecule has 0 bridgehead atoms. The van der Waals surface area contributed by atoms with Gasteiger partial charge in [-0.3, -0.25) is 13.8 Å². The number of hydrogen-bond donors (Lipinski definition) is 4. The van der Waals surface area contributed by atoms with E-state index in [9.17, 15) is 24.5 Å². The van der Waals surface area contributed by atoms with Crippen molar-refractivity contribution in [3.63, 3.8) is 0 Å². The van der Waals surface area contributed by atoms with E-state index in [0.29, 0.717) is 30.3 Å². The number of amides is 1. The Hall–Kier alpha value is -3.14. The standard InChI is InChI=1S/C59H101N2O7P/c1-6-8-10-12-14-16-18-20-21-22-23-24-25-26-27-28-29-30-31-32-33-34-35-36-37-38-39-40-42-44-46-48-50-52-58(63)60-56(55-68-69(65,66)67-54-53-61(3,4)5)59(64)57(62)51-49-47-45-43-41-19-17-15-13-11-9-7-2/h8,10,14-17,20-21,23-24,26-27,29-30,32-33,35-36,43,45,56-57,59,62,64H,6-7,9,11-13,18-19,22,25,28,31,34,37-42,44,46-55H2,1-5H3,(H-,60,63,65,66)/p+1/b10-8-,16-14-,17-15+,21-20-,24-23-,27-26-,30-29-,33-32-,36-35-,45-43+. The van der Waals surface area contributed by atoms with Crippen molar-refractivity contribution in [1.29, 1.82) is 0 Å². The van der Waals surface area contributed by atoms with Gasteiger partial charge in [-0.05, 0) is 116 Å². The fourth-order valence-electron chi connectivity index (χ4n) is 7.00. The number of carbonyl (C=O) groups excluding carboxylic acids is 1. The summed E-state index contributed by atoms with van der Waals surface area (Å²) < 4.78 is 23.5. The van der Waals surface area contributed by atoms with Crippen LogP contribution in [0.3, 0.4) is 0 Å². The van der Waals surface area contributed by atoms with Gasteiger partial charge in [0, 0.05) is 6.42 Å². The summed E-state index contributed by atoms with van der Waals surface area (Å²) in [4.78, 5) is 23.3. The molecule has 0 spiro atoms. The molecule has 4 unspecified atom stereocenters. The quantitative estimate of drug-likeness (QED) is 0.0207. The maximum atomic E-state index is 13.0. The highest BCUT2D eigenvalue weighted by atomic mass is 31.2. The molecule has 0 aromatic heterocycles. The van der Waals surface area contributed by atoms with E-state index in [1.807, 2.05) is 21.1 Å². The highest BCUT2D eigenvalue weighted by Gasteiger charge is 2.31. The molecule has 0 aliphatic rings. The lowest BCUT2D eigenvalue weighted by molar-refractivity contribution is -0.870. The Bertz CT molecular complexity index is 1550. The molecule has 4 atom stereocenters. The third-order valence-electron chi connectivity index (χ3n) is 11.3. The van der Waals surface area contributed by atoms with Crippen LogP contribution in [0, 0.1) is 0 Å². The molecular formula is C59H102N2O7P+. The Morgan fingerprint density at radius 3 is 1.38 bits per heavy atom. The maximum Gasteiger partial charge on any atom is 0.472 e. The lowest BCUT2D eigenvalue weighted by Gasteiger charge is -2.28. The second-order valence-electron chi connectivity index (χ2n) is 19.0. The molecule has 0 fully saturated rings. The van der Waals surface area contributed by atoms with Crippen LogP contribution in [0.1, 0.15) is 187 Å². The highest BCUT2D eigenvalue weighted by molar-refractivity contribution is 7.47. The summed E-state index contributed by atoms with van der Waals surface area (Å²) in [5.41, 5.74) is 0. The van der Waals surface area contributed by atoms with E-state index in [2.05, 4.69) is 141 Å². The number of phosphoric acid groups is 1. The zero-order valence-corrected chi connectivity index (χ0v) is 45.3. The molecule has 0 aliphatic carbocycles. The largest absolute Gasteiger partial charge is 0.472 e. The highest BCUT2D eigenvalue weighted by Crippen LogP contribution is 2.43. The van der Waals surface area contributed by atoms with Gasteiger partial charge in [0.25, 0.3) is 0 Å². The monoisotopic (exact) mass is 982 g/mol. The van der Waals surface area contributed by atoms with Crippen molar-refractivity contribution in [2.45, 2.75) is 205 Å². The van der Waals surface area contributed by atoms with Crippen LogP contribution in [-0.4, -0.2) is 84.6 Å². The van der Waals surface area contributed by atoms with Crippen molar-refractivity contribution < 1.29 is 38.0 Å². The number of nitrogens with zero attached hydrogens (tertiary/aromatic N) is 1. The van der Waals surface area contributed by atoms with Crippen LogP contribution in [-0.2, 0) is 18.4 Å². The molecule has 0 radical (unpaired) electrons. The van der Waals surface area contributed by atoms with Gasteiger partial charge in [-0.1, -0.05) is 187 Å². The number of aliphatic hydroxyl groups is 2. The van der Waals surface area contributed by atoms with E-state index < -0.39 is 32.7 Å². The molecule has 0 rings (SSSR count). The SMILES string of the molecule is CC/C=C\C/C=C\C/C=C\C/C=C\C/C=C\C/C=C\C/C=C\C/C=C\CCCCCCCCCCC(=O)NC(COP(=O)(O)OCC[N+](C)(C)C)C(O)C(O)CCC/C=C/CC/C=C/CCCCC. The first kappa shape index (κ1) is 65.9. The predicted octanol–water partition coefficient (Wildman–Crippen LogP) is 15.2. The smallest absolute Gasteiger partial charge is 0.390 e. The minimum Gasteiger partial charge on any atom is -0.390 e. The van der Waals surface area contributed by atoms with Crippen LogP contribution in [0.5, 0.6) is 0 Å². The first-order valence-corrected chi connectivity index (χ1v) is 28.5. The number of aliphatic hydroxyl groups excluding tert-OH is 2. The van der Waals surface area contributed by atoms with Crippen molar-refractivity contribution in [2.75, 3.05) is 40.9 Å². The van der Waals surface area contributed by atoms with Crippen LogP contribution < -0.4 is 5.32 Å². The number of hydrogen-bond acceptors (Lipinski definition) is 6. The molecule has 0 aromatic rings. The molecule has 10 heteroatoms. The average Bonchev–Trinajstić information content (AvgIpc) is 3.31. The van der Waals surface area contributed by atoms with Crippen molar-refractivity contribution in [1.82, 2.24) is 5.32 Å². The van der Waals surface area contributed by atoms with Crippen LogP contribution >= 0.6 is 7.82 Å². The van der Waals surface area contributed by atoms with E-state index in [1.165, 1.54) is 44.9 Å². The van der Waals surface area contributed by atoms with E-state index in [4.69, 9.17) is 9.05 Å². The molecule has 394 valence electrons. The predicted molar refractivity (Wildman–Crippen MR) is 296 cm³/mol. The fourth-order valence-corrected chi connectivity index (χ4v) is 7.73. The zero-order valence-electron chi connectivity index (χ0n) is 44.4. The van der Waals surface area contributed by atoms with Crippen LogP contribution in [0.15, 0.2) is 122 Å². The molecule has 0 saturated heterocycles. The number of allylic oxidation sites excluding steroid dienone is 20. The molecule has 1 amide bonds. The lowest BCUT2D eigenvalue weighted by atomic mass is 10.0. The third-order valence-corrected chi connectivity index (χ3v) is 12.2. The molecule has 0 aromatic carbocycles. The van der Waals surface area contributed by atoms with Gasteiger partial charge in [0.15, 0.2) is 0 Å². The van der Waals surface area contributed by atoms with Crippen LogP contribution in [0.4, 0.5) is 0 Å². The first-order chi connectivity index (χ1) is 33.4. The summed E-state index contributed by atoms with van der Waals surface area (Å²) in [5.74, 6) is -0.288. The summed E-state index contributed by atoms with van der Waals surface area (Å²) in [6.07, 6.45) is 68.5. The molecule has 0 aliphatic heterocycles. The van der Waals surface area contributed by atoms with Gasteiger partial charge in [-0.25, -0.2) is 4.57 Å². The Morgan fingerprint density at radius 2 is 0.913 bits per heavy atom. The summed E-state index contributed by atoms with van der Waals surface area (Å²) in [7, 11) is 1.38. The second kappa shape index (κ2) is 48.5. The number of phosphoric ester groups is 1. The number of likely N-dealkylation sites (N-methyl/N-ethyl adjacent to an activating group) is 1. The molecular weight excluding hydrogens is 880 g/mol. The van der Waals surface area contributed by atoms with Crippen molar-refractivity contribution in [2.24, 2.45) is 0 Å². The van der Waals surface area contributed by atoms with Gasteiger partial charge in [0.1, 0.15) is 19.3 Å².